The highest BCUT2D eigenvalue weighted by atomic mass is 16.4. The van der Waals surface area contributed by atoms with Crippen LogP contribution in [0, 0.1) is 17.3 Å². The van der Waals surface area contributed by atoms with Crippen LogP contribution < -0.4 is 0 Å². The SMILES string of the molecule is CC1(C(=O)O)CCN(C2CC3CCC2C3)CC1. The van der Waals surface area contributed by atoms with E-state index in [1.165, 1.54) is 25.7 Å². The van der Waals surface area contributed by atoms with Gasteiger partial charge >= 0.3 is 5.97 Å². The third-order valence-corrected chi connectivity index (χ3v) is 5.59. The average Bonchev–Trinajstić information content (AvgIpc) is 2.91. The summed E-state index contributed by atoms with van der Waals surface area (Å²) in [6.45, 7) is 3.90. The van der Waals surface area contributed by atoms with Gasteiger partial charge in [-0.25, -0.2) is 0 Å². The van der Waals surface area contributed by atoms with Crippen LogP contribution in [0.1, 0.15) is 45.4 Å². The number of nitrogens with zero attached hydrogens (tertiary/aromatic N) is 1. The summed E-state index contributed by atoms with van der Waals surface area (Å²) in [4.78, 5) is 13.8. The van der Waals surface area contributed by atoms with E-state index in [-0.39, 0.29) is 0 Å². The first-order valence-corrected chi connectivity index (χ1v) is 7.06. The molecule has 0 spiro atoms. The number of hydrogen-bond donors (Lipinski definition) is 1. The van der Waals surface area contributed by atoms with Crippen molar-refractivity contribution in [2.24, 2.45) is 17.3 Å². The molecular formula is C14H23NO2. The van der Waals surface area contributed by atoms with Gasteiger partial charge in [0.25, 0.3) is 0 Å². The van der Waals surface area contributed by atoms with Gasteiger partial charge in [-0.15, -0.1) is 0 Å². The molecule has 1 saturated heterocycles. The standard InChI is InChI=1S/C14H23NO2/c1-14(13(16)17)4-6-15(7-5-14)12-9-10-2-3-11(12)8-10/h10-12H,2-9H2,1H3,(H,16,17). The predicted octanol–water partition coefficient (Wildman–Crippen LogP) is 2.36. The molecule has 3 aliphatic rings. The first-order chi connectivity index (χ1) is 8.08. The predicted molar refractivity (Wildman–Crippen MR) is 65.8 cm³/mol. The molecule has 3 heteroatoms. The van der Waals surface area contributed by atoms with E-state index in [2.05, 4.69) is 4.90 Å². The van der Waals surface area contributed by atoms with Crippen molar-refractivity contribution >= 4 is 5.97 Å². The second-order valence-electron chi connectivity index (χ2n) is 6.64. The lowest BCUT2D eigenvalue weighted by Gasteiger charge is -2.42. The number of hydrogen-bond acceptors (Lipinski definition) is 2. The minimum atomic E-state index is -0.606. The van der Waals surface area contributed by atoms with Crippen LogP contribution in [0.25, 0.3) is 0 Å². The van der Waals surface area contributed by atoms with Crippen LogP contribution in [0.15, 0.2) is 0 Å². The lowest BCUT2D eigenvalue weighted by atomic mass is 9.79. The first-order valence-electron chi connectivity index (χ1n) is 7.06. The van der Waals surface area contributed by atoms with Crippen molar-refractivity contribution in [3.8, 4) is 0 Å². The monoisotopic (exact) mass is 237 g/mol. The number of carboxylic acid groups (broad SMARTS) is 1. The molecule has 0 aromatic rings. The van der Waals surface area contributed by atoms with Gasteiger partial charge in [-0.1, -0.05) is 6.42 Å². The van der Waals surface area contributed by atoms with Gasteiger partial charge in [0.05, 0.1) is 5.41 Å². The summed E-state index contributed by atoms with van der Waals surface area (Å²) in [7, 11) is 0. The Balaban J connectivity index is 1.60. The molecule has 3 unspecified atom stereocenters. The summed E-state index contributed by atoms with van der Waals surface area (Å²) < 4.78 is 0. The van der Waals surface area contributed by atoms with Crippen molar-refractivity contribution in [1.82, 2.24) is 4.90 Å². The summed E-state index contributed by atoms with van der Waals surface area (Å²) >= 11 is 0. The Morgan fingerprint density at radius 2 is 1.94 bits per heavy atom. The van der Waals surface area contributed by atoms with E-state index in [1.807, 2.05) is 6.92 Å². The van der Waals surface area contributed by atoms with Crippen LogP contribution in [-0.4, -0.2) is 35.1 Å². The molecule has 17 heavy (non-hydrogen) atoms. The third kappa shape index (κ3) is 1.88. The minimum Gasteiger partial charge on any atom is -0.481 e. The Bertz CT molecular complexity index is 320. The van der Waals surface area contributed by atoms with Gasteiger partial charge in [-0.2, -0.15) is 0 Å². The highest BCUT2D eigenvalue weighted by molar-refractivity contribution is 5.74. The highest BCUT2D eigenvalue weighted by Crippen LogP contribution is 2.47. The molecule has 3 fully saturated rings. The van der Waals surface area contributed by atoms with Gasteiger partial charge in [0, 0.05) is 6.04 Å². The summed E-state index contributed by atoms with van der Waals surface area (Å²) in [5.41, 5.74) is -0.464. The van der Waals surface area contributed by atoms with Gasteiger partial charge in [0.1, 0.15) is 0 Å². The molecule has 1 aliphatic heterocycles. The Hall–Kier alpha value is -0.570. The molecule has 96 valence electrons. The fourth-order valence-electron chi connectivity index (χ4n) is 4.22. The second kappa shape index (κ2) is 3.98. The Kier molecular flexibility index (Phi) is 2.69. The topological polar surface area (TPSA) is 40.5 Å². The normalized spacial score (nSPS) is 40.6. The van der Waals surface area contributed by atoms with Crippen LogP contribution >= 0.6 is 0 Å². The fraction of sp³-hybridized carbons (Fsp3) is 0.929. The van der Waals surface area contributed by atoms with E-state index in [9.17, 15) is 9.90 Å². The number of fused-ring (bicyclic) bond motifs is 2. The number of aliphatic carboxylic acids is 1. The van der Waals surface area contributed by atoms with Gasteiger partial charge in [0.15, 0.2) is 0 Å². The van der Waals surface area contributed by atoms with E-state index >= 15 is 0 Å². The van der Waals surface area contributed by atoms with Crippen LogP contribution in [0.5, 0.6) is 0 Å². The molecule has 0 radical (unpaired) electrons. The van der Waals surface area contributed by atoms with Crippen LogP contribution in [0.4, 0.5) is 0 Å². The number of carbonyl (C=O) groups is 1. The van der Waals surface area contributed by atoms with Crippen molar-refractivity contribution in [3.05, 3.63) is 0 Å². The molecule has 3 nitrogen and oxygen atoms in total. The fourth-order valence-corrected chi connectivity index (χ4v) is 4.22. The zero-order valence-electron chi connectivity index (χ0n) is 10.7. The van der Waals surface area contributed by atoms with Crippen LogP contribution in [0.2, 0.25) is 0 Å². The number of carboxylic acids is 1. The molecule has 3 rings (SSSR count). The molecule has 0 amide bonds. The maximum atomic E-state index is 11.2. The number of rotatable bonds is 2. The van der Waals surface area contributed by atoms with Crippen molar-refractivity contribution in [2.45, 2.75) is 51.5 Å². The minimum absolute atomic E-state index is 0.464. The lowest BCUT2D eigenvalue weighted by molar-refractivity contribution is -0.151. The molecule has 2 bridgehead atoms. The molecule has 0 aromatic heterocycles. The number of likely N-dealkylation sites (tertiary alicyclic amines) is 1. The molecule has 0 aromatic carbocycles. The summed E-state index contributed by atoms with van der Waals surface area (Å²) in [5.74, 6) is 1.30. The maximum absolute atomic E-state index is 11.2. The van der Waals surface area contributed by atoms with Gasteiger partial charge in [-0.05, 0) is 64.0 Å². The summed E-state index contributed by atoms with van der Waals surface area (Å²) in [5, 5.41) is 9.24. The highest BCUT2D eigenvalue weighted by Gasteiger charge is 2.45. The molecule has 2 saturated carbocycles. The maximum Gasteiger partial charge on any atom is 0.309 e. The quantitative estimate of drug-likeness (QED) is 0.801. The van der Waals surface area contributed by atoms with E-state index in [0.29, 0.717) is 0 Å². The van der Waals surface area contributed by atoms with Crippen LogP contribution in [-0.2, 0) is 4.79 Å². The molecular weight excluding hydrogens is 214 g/mol. The van der Waals surface area contributed by atoms with Gasteiger partial charge in [0.2, 0.25) is 0 Å². The lowest BCUT2D eigenvalue weighted by Crippen LogP contribution is -2.48. The molecule has 2 aliphatic carbocycles. The third-order valence-electron chi connectivity index (χ3n) is 5.59. The Labute approximate surface area is 103 Å². The molecule has 1 N–H and O–H groups in total. The van der Waals surface area contributed by atoms with Crippen LogP contribution in [0.3, 0.4) is 0 Å². The summed E-state index contributed by atoms with van der Waals surface area (Å²) in [6.07, 6.45) is 7.35. The molecule has 3 atom stereocenters. The zero-order chi connectivity index (χ0) is 12.0. The summed E-state index contributed by atoms with van der Waals surface area (Å²) in [6, 6.07) is 0.784. The van der Waals surface area contributed by atoms with Crippen molar-refractivity contribution in [1.29, 1.82) is 0 Å². The number of piperidine rings is 1. The Morgan fingerprint density at radius 3 is 2.41 bits per heavy atom. The van der Waals surface area contributed by atoms with Gasteiger partial charge in [-0.3, -0.25) is 4.79 Å². The van der Waals surface area contributed by atoms with Gasteiger partial charge < -0.3 is 10.0 Å². The molecule has 1 heterocycles. The smallest absolute Gasteiger partial charge is 0.309 e. The van der Waals surface area contributed by atoms with E-state index in [1.54, 1.807) is 0 Å². The first kappa shape index (κ1) is 11.5. The van der Waals surface area contributed by atoms with E-state index in [4.69, 9.17) is 0 Å². The average molecular weight is 237 g/mol. The second-order valence-corrected chi connectivity index (χ2v) is 6.64. The van der Waals surface area contributed by atoms with Crippen molar-refractivity contribution < 1.29 is 9.90 Å². The van der Waals surface area contributed by atoms with Crippen molar-refractivity contribution in [3.63, 3.8) is 0 Å². The van der Waals surface area contributed by atoms with Crippen molar-refractivity contribution in [2.75, 3.05) is 13.1 Å². The van der Waals surface area contributed by atoms with E-state index in [0.717, 1.165) is 43.8 Å². The zero-order valence-corrected chi connectivity index (χ0v) is 10.7. The largest absolute Gasteiger partial charge is 0.481 e. The van der Waals surface area contributed by atoms with E-state index < -0.39 is 11.4 Å². The Morgan fingerprint density at radius 1 is 1.24 bits per heavy atom.